The number of nitrogens with one attached hydrogen (secondary N) is 1. The molecule has 18 heavy (non-hydrogen) atoms. The van der Waals surface area contributed by atoms with Crippen molar-refractivity contribution in [2.24, 2.45) is 7.05 Å². The maximum absolute atomic E-state index is 5.95. The maximum Gasteiger partial charge on any atom is 0.128 e. The standard InChI is InChI=1S/C13H15BrClN3/c1-9(10-4-3-5-11(14)6-10)16-8-13-17-7-12(15)18(13)2/h3-7,9,16H,8H2,1-2H3. The van der Waals surface area contributed by atoms with Gasteiger partial charge in [0.2, 0.25) is 0 Å². The summed E-state index contributed by atoms with van der Waals surface area (Å²) in [6, 6.07) is 8.54. The Balaban J connectivity index is 2.00. The number of nitrogens with zero attached hydrogens (tertiary/aromatic N) is 2. The van der Waals surface area contributed by atoms with Crippen molar-refractivity contribution in [2.45, 2.75) is 19.5 Å². The van der Waals surface area contributed by atoms with Crippen molar-refractivity contribution in [3.05, 3.63) is 51.5 Å². The first-order chi connectivity index (χ1) is 8.58. The van der Waals surface area contributed by atoms with Crippen LogP contribution in [0.5, 0.6) is 0 Å². The molecule has 0 aliphatic rings. The lowest BCUT2D eigenvalue weighted by molar-refractivity contribution is 0.549. The zero-order chi connectivity index (χ0) is 13.1. The van der Waals surface area contributed by atoms with Crippen LogP contribution in [0.4, 0.5) is 0 Å². The molecule has 2 rings (SSSR count). The number of hydrogen-bond acceptors (Lipinski definition) is 2. The molecule has 1 heterocycles. The largest absolute Gasteiger partial charge is 0.321 e. The van der Waals surface area contributed by atoms with Crippen molar-refractivity contribution in [1.82, 2.24) is 14.9 Å². The Bertz CT molecular complexity index is 539. The highest BCUT2D eigenvalue weighted by atomic mass is 79.9. The Hall–Kier alpha value is -0.840. The molecular formula is C13H15BrClN3. The zero-order valence-electron chi connectivity index (χ0n) is 10.3. The number of halogens is 2. The van der Waals surface area contributed by atoms with Crippen molar-refractivity contribution in [3.8, 4) is 0 Å². The molecule has 96 valence electrons. The van der Waals surface area contributed by atoms with Gasteiger partial charge in [0.25, 0.3) is 0 Å². The fourth-order valence-corrected chi connectivity index (χ4v) is 2.29. The van der Waals surface area contributed by atoms with Gasteiger partial charge in [-0.25, -0.2) is 4.98 Å². The lowest BCUT2D eigenvalue weighted by Crippen LogP contribution is -2.20. The number of benzene rings is 1. The molecule has 0 bridgehead atoms. The van der Waals surface area contributed by atoms with Gasteiger partial charge in [-0.05, 0) is 24.6 Å². The van der Waals surface area contributed by atoms with Crippen LogP contribution in [0.2, 0.25) is 5.15 Å². The van der Waals surface area contributed by atoms with Gasteiger partial charge >= 0.3 is 0 Å². The highest BCUT2D eigenvalue weighted by molar-refractivity contribution is 9.10. The van der Waals surface area contributed by atoms with Gasteiger partial charge in [0.05, 0.1) is 12.7 Å². The third-order valence-corrected chi connectivity index (χ3v) is 3.79. The van der Waals surface area contributed by atoms with Crippen molar-refractivity contribution in [3.63, 3.8) is 0 Å². The number of hydrogen-bond donors (Lipinski definition) is 1. The van der Waals surface area contributed by atoms with Gasteiger partial charge in [-0.3, -0.25) is 0 Å². The van der Waals surface area contributed by atoms with E-state index in [4.69, 9.17) is 11.6 Å². The summed E-state index contributed by atoms with van der Waals surface area (Å²) in [6.07, 6.45) is 1.67. The SMILES string of the molecule is CC(NCc1ncc(Cl)n1C)c1cccc(Br)c1. The van der Waals surface area contributed by atoms with Crippen LogP contribution in [-0.4, -0.2) is 9.55 Å². The lowest BCUT2D eigenvalue weighted by atomic mass is 10.1. The van der Waals surface area contributed by atoms with Crippen molar-refractivity contribution < 1.29 is 0 Å². The summed E-state index contributed by atoms with van der Waals surface area (Å²) in [4.78, 5) is 4.26. The van der Waals surface area contributed by atoms with Crippen molar-refractivity contribution in [1.29, 1.82) is 0 Å². The summed E-state index contributed by atoms with van der Waals surface area (Å²) in [5.74, 6) is 0.932. The van der Waals surface area contributed by atoms with E-state index in [-0.39, 0.29) is 6.04 Å². The summed E-state index contributed by atoms with van der Waals surface area (Å²) in [5, 5.41) is 4.09. The first kappa shape index (κ1) is 13.6. The van der Waals surface area contributed by atoms with E-state index >= 15 is 0 Å². The van der Waals surface area contributed by atoms with Crippen LogP contribution in [0.1, 0.15) is 24.4 Å². The Morgan fingerprint density at radius 2 is 2.28 bits per heavy atom. The van der Waals surface area contributed by atoms with Crippen LogP contribution >= 0.6 is 27.5 Å². The molecule has 0 saturated heterocycles. The topological polar surface area (TPSA) is 29.9 Å². The van der Waals surface area contributed by atoms with Crippen LogP contribution in [-0.2, 0) is 13.6 Å². The number of imidazole rings is 1. The molecule has 0 aliphatic heterocycles. The summed E-state index contributed by atoms with van der Waals surface area (Å²) < 4.78 is 2.97. The molecule has 1 aromatic carbocycles. The number of aromatic nitrogens is 2. The summed E-state index contributed by atoms with van der Waals surface area (Å²) >= 11 is 9.43. The van der Waals surface area contributed by atoms with Gasteiger partial charge in [-0.2, -0.15) is 0 Å². The highest BCUT2D eigenvalue weighted by Crippen LogP contribution is 2.18. The molecule has 0 spiro atoms. The fraction of sp³-hybridized carbons (Fsp3) is 0.308. The third-order valence-electron chi connectivity index (χ3n) is 2.94. The molecule has 1 atom stereocenters. The van der Waals surface area contributed by atoms with E-state index in [0.717, 1.165) is 10.3 Å². The van der Waals surface area contributed by atoms with E-state index in [1.165, 1.54) is 5.56 Å². The van der Waals surface area contributed by atoms with E-state index < -0.39 is 0 Å². The smallest absolute Gasteiger partial charge is 0.128 e. The molecular weight excluding hydrogens is 314 g/mol. The Morgan fingerprint density at radius 1 is 1.50 bits per heavy atom. The van der Waals surface area contributed by atoms with Gasteiger partial charge in [-0.1, -0.05) is 39.7 Å². The van der Waals surface area contributed by atoms with E-state index in [0.29, 0.717) is 11.7 Å². The Morgan fingerprint density at radius 3 is 2.89 bits per heavy atom. The number of rotatable bonds is 4. The average Bonchev–Trinajstić information content (AvgIpc) is 2.67. The maximum atomic E-state index is 5.95. The summed E-state index contributed by atoms with van der Waals surface area (Å²) in [7, 11) is 1.91. The second kappa shape index (κ2) is 5.87. The molecule has 0 radical (unpaired) electrons. The minimum atomic E-state index is 0.262. The fourth-order valence-electron chi connectivity index (χ4n) is 1.73. The van der Waals surface area contributed by atoms with Gasteiger partial charge in [0.15, 0.2) is 0 Å². The van der Waals surface area contributed by atoms with Gasteiger partial charge in [0.1, 0.15) is 11.0 Å². The van der Waals surface area contributed by atoms with Gasteiger partial charge < -0.3 is 9.88 Å². The quantitative estimate of drug-likeness (QED) is 0.927. The van der Waals surface area contributed by atoms with Gasteiger partial charge in [-0.15, -0.1) is 0 Å². The molecule has 2 aromatic rings. The molecule has 1 N–H and O–H groups in total. The Labute approximate surface area is 120 Å². The van der Waals surface area contributed by atoms with Crippen LogP contribution in [0.25, 0.3) is 0 Å². The minimum absolute atomic E-state index is 0.262. The highest BCUT2D eigenvalue weighted by Gasteiger charge is 2.08. The molecule has 0 saturated carbocycles. The molecule has 3 nitrogen and oxygen atoms in total. The molecule has 1 aromatic heterocycles. The summed E-state index contributed by atoms with van der Waals surface area (Å²) in [5.41, 5.74) is 1.24. The monoisotopic (exact) mass is 327 g/mol. The average molecular weight is 329 g/mol. The van der Waals surface area contributed by atoms with E-state index in [2.05, 4.69) is 45.3 Å². The predicted octanol–water partition coefficient (Wildman–Crippen LogP) is 3.69. The van der Waals surface area contributed by atoms with Crippen LogP contribution in [0.3, 0.4) is 0 Å². The van der Waals surface area contributed by atoms with Crippen molar-refractivity contribution >= 4 is 27.5 Å². The predicted molar refractivity (Wildman–Crippen MR) is 77.6 cm³/mol. The minimum Gasteiger partial charge on any atom is -0.321 e. The molecule has 1 unspecified atom stereocenters. The molecule has 0 fully saturated rings. The zero-order valence-corrected chi connectivity index (χ0v) is 12.7. The summed E-state index contributed by atoms with van der Waals surface area (Å²) in [6.45, 7) is 2.82. The lowest BCUT2D eigenvalue weighted by Gasteiger charge is -2.14. The second-order valence-corrected chi connectivity index (χ2v) is 5.52. The van der Waals surface area contributed by atoms with E-state index in [1.807, 2.05) is 23.7 Å². The first-order valence-electron chi connectivity index (χ1n) is 5.73. The molecule has 0 amide bonds. The molecule has 0 aliphatic carbocycles. The normalized spacial score (nSPS) is 12.7. The van der Waals surface area contributed by atoms with Crippen LogP contribution < -0.4 is 5.32 Å². The molecule has 5 heteroatoms. The second-order valence-electron chi connectivity index (χ2n) is 4.21. The van der Waals surface area contributed by atoms with Crippen LogP contribution in [0.15, 0.2) is 34.9 Å². The van der Waals surface area contributed by atoms with Crippen molar-refractivity contribution in [2.75, 3.05) is 0 Å². The van der Waals surface area contributed by atoms with Crippen LogP contribution in [0, 0.1) is 0 Å². The van der Waals surface area contributed by atoms with Gasteiger partial charge in [0, 0.05) is 17.6 Å². The first-order valence-corrected chi connectivity index (χ1v) is 6.90. The van der Waals surface area contributed by atoms with E-state index in [1.54, 1.807) is 6.20 Å². The third kappa shape index (κ3) is 3.13. The Kier molecular flexibility index (Phi) is 4.43. The van der Waals surface area contributed by atoms with E-state index in [9.17, 15) is 0 Å².